The van der Waals surface area contributed by atoms with Crippen LogP contribution in [0, 0.1) is 0 Å². The van der Waals surface area contributed by atoms with Crippen LogP contribution in [0.1, 0.15) is 65.1 Å². The number of amides is 1. The molecule has 4 rings (SSSR count). The highest BCUT2D eigenvalue weighted by Gasteiger charge is 2.32. The largest absolute Gasteiger partial charge is 0.389 e. The van der Waals surface area contributed by atoms with Crippen LogP contribution in [0.5, 0.6) is 0 Å². The Morgan fingerprint density at radius 1 is 1.39 bits per heavy atom. The second-order valence-electron chi connectivity index (χ2n) is 8.27. The van der Waals surface area contributed by atoms with Gasteiger partial charge in [-0.2, -0.15) is 5.10 Å². The van der Waals surface area contributed by atoms with E-state index in [9.17, 15) is 9.90 Å². The van der Waals surface area contributed by atoms with Crippen LogP contribution in [0.4, 0.5) is 0 Å². The fourth-order valence-electron chi connectivity index (χ4n) is 4.53. The predicted octanol–water partition coefficient (Wildman–Crippen LogP) is 2.55. The van der Waals surface area contributed by atoms with Crippen molar-refractivity contribution in [2.24, 2.45) is 7.05 Å². The maximum atomic E-state index is 12.7. The zero-order chi connectivity index (χ0) is 19.6. The van der Waals surface area contributed by atoms with Crippen LogP contribution in [0.2, 0.25) is 0 Å². The summed E-state index contributed by atoms with van der Waals surface area (Å²) in [6.45, 7) is 1.18. The maximum absolute atomic E-state index is 12.7. The van der Waals surface area contributed by atoms with Crippen molar-refractivity contribution in [3.63, 3.8) is 0 Å². The molecule has 0 saturated heterocycles. The molecule has 0 aliphatic heterocycles. The zero-order valence-electron chi connectivity index (χ0n) is 16.5. The molecular formula is C21H30N4O2S. The summed E-state index contributed by atoms with van der Waals surface area (Å²) in [6, 6.07) is 4.30. The van der Waals surface area contributed by atoms with Crippen molar-refractivity contribution in [3.8, 4) is 0 Å². The molecule has 3 N–H and O–H groups in total. The molecule has 2 aliphatic carbocycles. The second kappa shape index (κ2) is 8.35. The number of nitrogens with zero attached hydrogens (tertiary/aromatic N) is 2. The molecule has 2 aromatic heterocycles. The standard InChI is InChI=1S/C21H30N4O2S/c1-25-18-8-7-15(23-14-21(27)9-3-2-4-10-21)12-17(18)19(24-25)20(26)22-13-16-6-5-11-28-16/h5-6,11,15,23,27H,2-4,7-10,12-14H2,1H3,(H,22,26). The van der Waals surface area contributed by atoms with E-state index in [1.54, 1.807) is 11.3 Å². The number of fused-ring (bicyclic) bond motifs is 1. The summed E-state index contributed by atoms with van der Waals surface area (Å²) in [5.74, 6) is -0.100. The monoisotopic (exact) mass is 402 g/mol. The maximum Gasteiger partial charge on any atom is 0.272 e. The van der Waals surface area contributed by atoms with Crippen molar-refractivity contribution >= 4 is 17.2 Å². The fraction of sp³-hybridized carbons (Fsp3) is 0.619. The zero-order valence-corrected chi connectivity index (χ0v) is 17.4. The Labute approximate surface area is 170 Å². The van der Waals surface area contributed by atoms with Crippen LogP contribution >= 0.6 is 11.3 Å². The molecule has 28 heavy (non-hydrogen) atoms. The molecule has 1 fully saturated rings. The van der Waals surface area contributed by atoms with E-state index < -0.39 is 5.60 Å². The number of aryl methyl sites for hydroxylation is 1. The number of aromatic nitrogens is 2. The predicted molar refractivity (Wildman–Crippen MR) is 111 cm³/mol. The summed E-state index contributed by atoms with van der Waals surface area (Å²) in [5.41, 5.74) is 2.21. The van der Waals surface area contributed by atoms with Gasteiger partial charge < -0.3 is 15.7 Å². The minimum absolute atomic E-state index is 0.100. The SMILES string of the molecule is Cn1nc(C(=O)NCc2cccs2)c2c1CCC(NCC1(O)CCCCC1)C2. The normalized spacial score (nSPS) is 21.3. The van der Waals surface area contributed by atoms with Crippen LogP contribution in [0.15, 0.2) is 17.5 Å². The van der Waals surface area contributed by atoms with Gasteiger partial charge in [0.1, 0.15) is 0 Å². The van der Waals surface area contributed by atoms with Gasteiger partial charge in [0.25, 0.3) is 5.91 Å². The molecule has 1 unspecified atom stereocenters. The Morgan fingerprint density at radius 3 is 2.96 bits per heavy atom. The van der Waals surface area contributed by atoms with Crippen molar-refractivity contribution in [2.75, 3.05) is 6.54 Å². The minimum Gasteiger partial charge on any atom is -0.389 e. The van der Waals surface area contributed by atoms with Crippen molar-refractivity contribution in [3.05, 3.63) is 39.3 Å². The molecule has 0 bridgehead atoms. The van der Waals surface area contributed by atoms with Gasteiger partial charge >= 0.3 is 0 Å². The Hall–Kier alpha value is -1.70. The summed E-state index contributed by atoms with van der Waals surface area (Å²) in [4.78, 5) is 13.9. The van der Waals surface area contributed by atoms with Crippen molar-refractivity contribution in [2.45, 2.75) is 69.6 Å². The number of thiophene rings is 1. The molecule has 2 aromatic rings. The number of hydrogen-bond acceptors (Lipinski definition) is 5. The summed E-state index contributed by atoms with van der Waals surface area (Å²) < 4.78 is 1.86. The molecule has 7 heteroatoms. The smallest absolute Gasteiger partial charge is 0.272 e. The number of carbonyl (C=O) groups is 1. The third kappa shape index (κ3) is 4.31. The number of hydrogen-bond donors (Lipinski definition) is 3. The van der Waals surface area contributed by atoms with E-state index in [1.165, 1.54) is 6.42 Å². The van der Waals surface area contributed by atoms with Gasteiger partial charge in [0.05, 0.1) is 12.1 Å². The Bertz CT molecular complexity index is 809. The lowest BCUT2D eigenvalue weighted by molar-refractivity contribution is 0.00228. The molecule has 152 valence electrons. The first-order valence-corrected chi connectivity index (χ1v) is 11.2. The average Bonchev–Trinajstić information content (AvgIpc) is 3.33. The van der Waals surface area contributed by atoms with Gasteiger partial charge in [0, 0.05) is 35.8 Å². The Morgan fingerprint density at radius 2 is 2.21 bits per heavy atom. The number of rotatable bonds is 6. The van der Waals surface area contributed by atoms with E-state index in [4.69, 9.17) is 0 Å². The number of nitrogens with one attached hydrogen (secondary N) is 2. The minimum atomic E-state index is -0.561. The summed E-state index contributed by atoms with van der Waals surface area (Å²) in [5, 5.41) is 23.9. The van der Waals surface area contributed by atoms with Gasteiger partial charge in [0.2, 0.25) is 0 Å². The lowest BCUT2D eigenvalue weighted by Crippen LogP contribution is -2.47. The first-order valence-electron chi connectivity index (χ1n) is 10.4. The summed E-state index contributed by atoms with van der Waals surface area (Å²) in [6.07, 6.45) is 7.96. The molecule has 0 radical (unpaired) electrons. The van der Waals surface area contributed by atoms with E-state index in [1.807, 2.05) is 29.2 Å². The molecule has 0 spiro atoms. The quantitative estimate of drug-likeness (QED) is 0.694. The molecule has 0 aromatic carbocycles. The molecule has 1 saturated carbocycles. The molecular weight excluding hydrogens is 372 g/mol. The Balaban J connectivity index is 1.40. The molecule has 2 heterocycles. The van der Waals surface area contributed by atoms with Gasteiger partial charge in [-0.3, -0.25) is 9.48 Å². The highest BCUT2D eigenvalue weighted by atomic mass is 32.1. The van der Waals surface area contributed by atoms with Crippen molar-refractivity contribution in [1.29, 1.82) is 0 Å². The first-order chi connectivity index (χ1) is 13.5. The lowest BCUT2D eigenvalue weighted by Gasteiger charge is -2.34. The number of aliphatic hydroxyl groups is 1. The van der Waals surface area contributed by atoms with Gasteiger partial charge in [-0.05, 0) is 43.6 Å². The molecule has 2 aliphatic rings. The highest BCUT2D eigenvalue weighted by Crippen LogP contribution is 2.29. The fourth-order valence-corrected chi connectivity index (χ4v) is 5.18. The highest BCUT2D eigenvalue weighted by molar-refractivity contribution is 7.09. The second-order valence-corrected chi connectivity index (χ2v) is 9.30. The third-order valence-corrected chi connectivity index (χ3v) is 7.05. The Kier molecular flexibility index (Phi) is 5.85. The van der Waals surface area contributed by atoms with Gasteiger partial charge in [-0.25, -0.2) is 0 Å². The van der Waals surface area contributed by atoms with Crippen LogP contribution in [-0.2, 0) is 26.4 Å². The van der Waals surface area contributed by atoms with Crippen LogP contribution in [0.3, 0.4) is 0 Å². The molecule has 1 amide bonds. The third-order valence-electron chi connectivity index (χ3n) is 6.18. The van der Waals surface area contributed by atoms with E-state index >= 15 is 0 Å². The van der Waals surface area contributed by atoms with Crippen molar-refractivity contribution in [1.82, 2.24) is 20.4 Å². The molecule has 6 nitrogen and oxygen atoms in total. The van der Waals surface area contributed by atoms with E-state index in [-0.39, 0.29) is 11.9 Å². The van der Waals surface area contributed by atoms with Gasteiger partial charge in [0.15, 0.2) is 5.69 Å². The summed E-state index contributed by atoms with van der Waals surface area (Å²) in [7, 11) is 1.92. The van der Waals surface area contributed by atoms with Crippen LogP contribution in [0.25, 0.3) is 0 Å². The average molecular weight is 403 g/mol. The van der Waals surface area contributed by atoms with E-state index in [0.717, 1.165) is 61.1 Å². The summed E-state index contributed by atoms with van der Waals surface area (Å²) >= 11 is 1.64. The van der Waals surface area contributed by atoms with Crippen LogP contribution in [-0.4, -0.2) is 39.0 Å². The van der Waals surface area contributed by atoms with Crippen molar-refractivity contribution < 1.29 is 9.90 Å². The van der Waals surface area contributed by atoms with Gasteiger partial charge in [-0.15, -0.1) is 11.3 Å². The van der Waals surface area contributed by atoms with E-state index in [0.29, 0.717) is 18.8 Å². The lowest BCUT2D eigenvalue weighted by atomic mass is 9.84. The van der Waals surface area contributed by atoms with Gasteiger partial charge in [-0.1, -0.05) is 25.3 Å². The van der Waals surface area contributed by atoms with E-state index in [2.05, 4.69) is 15.7 Å². The van der Waals surface area contributed by atoms with Crippen LogP contribution < -0.4 is 10.6 Å². The number of carbonyl (C=O) groups excluding carboxylic acids is 1. The topological polar surface area (TPSA) is 79.2 Å². The molecule has 1 atom stereocenters. The first kappa shape index (κ1) is 19.6.